The third kappa shape index (κ3) is 7.02. The minimum Gasteiger partial charge on any atom is -0.444 e. The van der Waals surface area contributed by atoms with Gasteiger partial charge >= 0.3 is 6.09 Å². The van der Waals surface area contributed by atoms with Crippen LogP contribution in [0.4, 0.5) is 9.18 Å². The summed E-state index contributed by atoms with van der Waals surface area (Å²) in [5, 5.41) is 0.644. The number of pyridine rings is 1. The number of nitrogens with zero attached hydrogens (tertiary/aromatic N) is 6. The van der Waals surface area contributed by atoms with Gasteiger partial charge in [-0.15, -0.1) is 0 Å². The van der Waals surface area contributed by atoms with Crippen molar-refractivity contribution in [2.24, 2.45) is 5.92 Å². The van der Waals surface area contributed by atoms with Gasteiger partial charge in [0.1, 0.15) is 17.5 Å². The van der Waals surface area contributed by atoms with Crippen LogP contribution in [0.3, 0.4) is 0 Å². The highest BCUT2D eigenvalue weighted by Gasteiger charge is 2.43. The Morgan fingerprint density at radius 2 is 1.87 bits per heavy atom. The van der Waals surface area contributed by atoms with E-state index in [0.29, 0.717) is 50.6 Å². The number of carbonyl (C=O) groups is 2. The van der Waals surface area contributed by atoms with Gasteiger partial charge in [-0.25, -0.2) is 14.2 Å². The van der Waals surface area contributed by atoms with E-state index in [2.05, 4.69) is 19.4 Å². The zero-order valence-electron chi connectivity index (χ0n) is 26.5. The number of rotatable bonds is 4. The number of hydrogen-bond acceptors (Lipinski definition) is 6. The molecule has 0 N–H and O–H groups in total. The number of ether oxygens (including phenoxy) is 1. The lowest BCUT2D eigenvalue weighted by molar-refractivity contribution is -0.141. The number of aromatic nitrogens is 3. The maximum absolute atomic E-state index is 14.5. The lowest BCUT2D eigenvalue weighted by atomic mass is 9.94. The molecule has 3 atom stereocenters. The van der Waals surface area contributed by atoms with Crippen LogP contribution in [-0.2, 0) is 28.9 Å². The Kier molecular flexibility index (Phi) is 8.89. The number of piperidine rings is 1. The van der Waals surface area contributed by atoms with Crippen molar-refractivity contribution in [3.05, 3.63) is 81.9 Å². The molecule has 45 heavy (non-hydrogen) atoms. The quantitative estimate of drug-likeness (QED) is 0.380. The van der Waals surface area contributed by atoms with Crippen LogP contribution in [0.25, 0.3) is 0 Å². The molecule has 6 rings (SSSR count). The predicted octanol–water partition coefficient (Wildman–Crippen LogP) is 5.43. The number of halogens is 2. The Bertz CT molecular complexity index is 1520. The van der Waals surface area contributed by atoms with Crippen LogP contribution in [0.5, 0.6) is 0 Å². The summed E-state index contributed by atoms with van der Waals surface area (Å²) in [6, 6.07) is 6.37. The molecule has 0 saturated carbocycles. The summed E-state index contributed by atoms with van der Waals surface area (Å²) in [5.41, 5.74) is 4.02. The largest absolute Gasteiger partial charge is 0.444 e. The van der Waals surface area contributed by atoms with Gasteiger partial charge in [0.2, 0.25) is 5.91 Å². The second-order valence-electron chi connectivity index (χ2n) is 13.6. The number of hydrogen-bond donors (Lipinski definition) is 0. The van der Waals surface area contributed by atoms with Crippen molar-refractivity contribution in [2.75, 3.05) is 32.7 Å². The highest BCUT2D eigenvalue weighted by Crippen LogP contribution is 2.38. The zero-order valence-corrected chi connectivity index (χ0v) is 27.3. The second kappa shape index (κ2) is 12.7. The normalized spacial score (nSPS) is 22.4. The fraction of sp³-hybridized carbons (Fsp3) is 0.529. The Balaban J connectivity index is 1.32. The molecule has 240 valence electrons. The van der Waals surface area contributed by atoms with Gasteiger partial charge in [-0.05, 0) is 94.2 Å². The van der Waals surface area contributed by atoms with Gasteiger partial charge in [0.05, 0.1) is 30.0 Å². The molecule has 0 bridgehead atoms. The van der Waals surface area contributed by atoms with Gasteiger partial charge in [0.25, 0.3) is 0 Å². The third-order valence-corrected chi connectivity index (χ3v) is 9.28. The van der Waals surface area contributed by atoms with Gasteiger partial charge in [-0.2, -0.15) is 0 Å². The first kappa shape index (κ1) is 31.5. The van der Waals surface area contributed by atoms with Crippen LogP contribution in [0.2, 0.25) is 5.02 Å². The summed E-state index contributed by atoms with van der Waals surface area (Å²) >= 11 is 6.42. The Labute approximate surface area is 269 Å². The molecule has 0 spiro atoms. The zero-order chi connectivity index (χ0) is 31.9. The number of aryl methyl sites for hydroxylation is 3. The van der Waals surface area contributed by atoms with Crippen LogP contribution in [0.1, 0.15) is 67.7 Å². The van der Waals surface area contributed by atoms with E-state index in [0.717, 1.165) is 47.5 Å². The van der Waals surface area contributed by atoms with Crippen molar-refractivity contribution in [1.82, 2.24) is 29.2 Å². The smallest absolute Gasteiger partial charge is 0.411 e. The minimum absolute atomic E-state index is 0.0747. The van der Waals surface area contributed by atoms with E-state index in [1.54, 1.807) is 11.0 Å². The lowest BCUT2D eigenvalue weighted by Gasteiger charge is -2.46. The molecule has 3 aromatic rings. The number of likely N-dealkylation sites (tertiary alicyclic amines) is 1. The number of fused-ring (bicyclic) bond motifs is 2. The molecule has 3 aliphatic rings. The molecule has 2 fully saturated rings. The molecular weight excluding hydrogens is 595 g/mol. The van der Waals surface area contributed by atoms with Crippen molar-refractivity contribution in [2.45, 2.75) is 77.6 Å². The highest BCUT2D eigenvalue weighted by molar-refractivity contribution is 6.30. The topological polar surface area (TPSA) is 83.8 Å². The first-order valence-electron chi connectivity index (χ1n) is 15.9. The Morgan fingerprint density at radius 1 is 1.07 bits per heavy atom. The molecule has 2 amide bonds. The second-order valence-corrected chi connectivity index (χ2v) is 14.1. The molecule has 2 aromatic heterocycles. The average Bonchev–Trinajstić information content (AvgIpc) is 3.33. The van der Waals surface area contributed by atoms with E-state index >= 15 is 0 Å². The maximum atomic E-state index is 14.5. The van der Waals surface area contributed by atoms with Crippen molar-refractivity contribution < 1.29 is 18.7 Å². The Hall–Kier alpha value is -3.50. The van der Waals surface area contributed by atoms with E-state index < -0.39 is 17.7 Å². The average molecular weight is 637 g/mol. The summed E-state index contributed by atoms with van der Waals surface area (Å²) < 4.78 is 22.3. The first-order valence-corrected chi connectivity index (χ1v) is 16.3. The molecule has 1 aliphatic carbocycles. The number of piperazine rings is 1. The van der Waals surface area contributed by atoms with E-state index in [-0.39, 0.29) is 23.7 Å². The van der Waals surface area contributed by atoms with Crippen molar-refractivity contribution in [3.63, 3.8) is 0 Å². The summed E-state index contributed by atoms with van der Waals surface area (Å²) in [4.78, 5) is 42.7. The van der Waals surface area contributed by atoms with Crippen molar-refractivity contribution >= 4 is 23.6 Å². The molecule has 0 unspecified atom stereocenters. The fourth-order valence-corrected chi connectivity index (χ4v) is 7.26. The van der Waals surface area contributed by atoms with E-state index in [9.17, 15) is 14.0 Å². The van der Waals surface area contributed by atoms with E-state index in [1.165, 1.54) is 6.20 Å². The lowest BCUT2D eigenvalue weighted by Crippen LogP contribution is -2.63. The van der Waals surface area contributed by atoms with Gasteiger partial charge in [-0.1, -0.05) is 17.7 Å². The van der Waals surface area contributed by atoms with Crippen molar-refractivity contribution in [3.8, 4) is 0 Å². The standard InChI is InChI=1S/C34H42ClFN6O3/c1-22-17-39(21-38-22)18-23-6-5-11-41(19-23)32(43)29-20-40(12-13-42(29)33(44)45-34(2,3)4)31-28-10-9-26(35)14-24(28)7-8-25-15-27(36)16-37-30(25)31/h9-10,14-17,21,23,29,31H,5-8,11-13,18-20H2,1-4H3/t23-,29+,31-/m0/s1. The van der Waals surface area contributed by atoms with E-state index in [4.69, 9.17) is 16.3 Å². The van der Waals surface area contributed by atoms with Crippen LogP contribution in [0.15, 0.2) is 43.0 Å². The molecule has 1 aromatic carbocycles. The highest BCUT2D eigenvalue weighted by atomic mass is 35.5. The molecule has 2 aliphatic heterocycles. The number of benzene rings is 1. The van der Waals surface area contributed by atoms with Gasteiger partial charge in [-0.3, -0.25) is 19.6 Å². The monoisotopic (exact) mass is 636 g/mol. The van der Waals surface area contributed by atoms with Crippen LogP contribution >= 0.6 is 11.6 Å². The van der Waals surface area contributed by atoms with Crippen LogP contribution in [-0.4, -0.2) is 85.6 Å². The summed E-state index contributed by atoms with van der Waals surface area (Å²) in [5.74, 6) is -0.158. The molecule has 4 heterocycles. The Morgan fingerprint density at radius 3 is 2.62 bits per heavy atom. The summed E-state index contributed by atoms with van der Waals surface area (Å²) in [6.45, 7) is 10.6. The minimum atomic E-state index is -0.745. The molecule has 9 nitrogen and oxygen atoms in total. The van der Waals surface area contributed by atoms with Crippen molar-refractivity contribution in [1.29, 1.82) is 0 Å². The first-order chi connectivity index (χ1) is 21.4. The SMILES string of the molecule is Cc1cn(C[C@@H]2CCCN(C(=O)[C@H]3CN([C@H]4c5ccc(Cl)cc5CCc5cc(F)cnc54)CCN3C(=O)OC(C)(C)C)C2)cn1. The molecule has 2 saturated heterocycles. The maximum Gasteiger partial charge on any atom is 0.411 e. The molecular formula is C34H42ClFN6O3. The molecule has 11 heteroatoms. The number of carbonyl (C=O) groups excluding carboxylic acids is 2. The fourth-order valence-electron chi connectivity index (χ4n) is 7.07. The van der Waals surface area contributed by atoms with Crippen LogP contribution < -0.4 is 0 Å². The van der Waals surface area contributed by atoms with Crippen LogP contribution in [0, 0.1) is 18.7 Å². The number of imidazole rings is 1. The molecule has 0 radical (unpaired) electrons. The predicted molar refractivity (Wildman–Crippen MR) is 169 cm³/mol. The number of amides is 2. The van der Waals surface area contributed by atoms with Gasteiger partial charge < -0.3 is 14.2 Å². The van der Waals surface area contributed by atoms with Gasteiger partial charge in [0.15, 0.2) is 0 Å². The third-order valence-electron chi connectivity index (χ3n) is 9.04. The van der Waals surface area contributed by atoms with E-state index in [1.807, 2.05) is 63.3 Å². The summed E-state index contributed by atoms with van der Waals surface area (Å²) in [7, 11) is 0. The van der Waals surface area contributed by atoms with Gasteiger partial charge in [0, 0.05) is 50.5 Å². The summed E-state index contributed by atoms with van der Waals surface area (Å²) in [6.07, 6.45) is 7.90.